The molecule has 2 aromatic rings. The highest BCUT2D eigenvalue weighted by Gasteiger charge is 2.52. The van der Waals surface area contributed by atoms with Crippen molar-refractivity contribution >= 4 is 35.0 Å². The lowest BCUT2D eigenvalue weighted by molar-refractivity contribution is -0.130. The lowest BCUT2D eigenvalue weighted by Gasteiger charge is -2.20. The Balaban J connectivity index is 1.80. The largest absolute Gasteiger partial charge is 0.489 e. The SMILES string of the molecule is [C-]#[N+]c1ccc(N2C(=O)OC(C)(COc3ccc(C)cc3)C2=O)cc1Cl. The van der Waals surface area contributed by atoms with E-state index in [1.54, 1.807) is 12.1 Å². The number of halogens is 1. The summed E-state index contributed by atoms with van der Waals surface area (Å²) in [4.78, 5) is 29.2. The van der Waals surface area contributed by atoms with Crippen LogP contribution in [0.2, 0.25) is 5.02 Å². The minimum Gasteiger partial charge on any atom is -0.489 e. The number of carbonyl (C=O) groups excluding carboxylic acids is 2. The first-order valence-corrected chi connectivity index (χ1v) is 8.16. The van der Waals surface area contributed by atoms with Crippen LogP contribution in [-0.4, -0.2) is 24.2 Å². The second-order valence-corrected chi connectivity index (χ2v) is 6.50. The zero-order valence-electron chi connectivity index (χ0n) is 14.2. The molecular formula is C19H15ClN2O4. The van der Waals surface area contributed by atoms with Crippen molar-refractivity contribution in [1.82, 2.24) is 0 Å². The Bertz CT molecular complexity index is 920. The molecule has 2 amide bonds. The summed E-state index contributed by atoms with van der Waals surface area (Å²) in [5.74, 6) is 0.0184. The zero-order chi connectivity index (χ0) is 18.9. The highest BCUT2D eigenvalue weighted by molar-refractivity contribution is 6.34. The molecule has 1 heterocycles. The summed E-state index contributed by atoms with van der Waals surface area (Å²) in [7, 11) is 0. The van der Waals surface area contributed by atoms with Crippen LogP contribution in [0.3, 0.4) is 0 Å². The third kappa shape index (κ3) is 3.22. The van der Waals surface area contributed by atoms with Crippen LogP contribution in [0.25, 0.3) is 4.85 Å². The van der Waals surface area contributed by atoms with Gasteiger partial charge in [-0.1, -0.05) is 35.4 Å². The molecule has 3 rings (SSSR count). The molecule has 0 bridgehead atoms. The van der Waals surface area contributed by atoms with Crippen molar-refractivity contribution in [3.05, 3.63) is 64.5 Å². The molecule has 0 radical (unpaired) electrons. The van der Waals surface area contributed by atoms with Gasteiger partial charge < -0.3 is 9.47 Å². The number of rotatable bonds is 4. The molecule has 6 nitrogen and oxygen atoms in total. The second-order valence-electron chi connectivity index (χ2n) is 6.09. The van der Waals surface area contributed by atoms with Crippen molar-refractivity contribution in [1.29, 1.82) is 0 Å². The van der Waals surface area contributed by atoms with Crippen molar-refractivity contribution < 1.29 is 19.1 Å². The lowest BCUT2D eigenvalue weighted by atomic mass is 10.1. The first-order valence-electron chi connectivity index (χ1n) is 7.78. The van der Waals surface area contributed by atoms with E-state index in [1.807, 2.05) is 19.1 Å². The van der Waals surface area contributed by atoms with Crippen LogP contribution in [0.15, 0.2) is 42.5 Å². The number of nitrogens with zero attached hydrogens (tertiary/aromatic N) is 2. The van der Waals surface area contributed by atoms with Crippen LogP contribution in [0.5, 0.6) is 5.75 Å². The van der Waals surface area contributed by atoms with Crippen LogP contribution >= 0.6 is 11.6 Å². The Hall–Kier alpha value is -3.04. The molecule has 1 fully saturated rings. The average molecular weight is 371 g/mol. The van der Waals surface area contributed by atoms with Crippen molar-refractivity contribution in [2.45, 2.75) is 19.4 Å². The molecule has 0 aliphatic carbocycles. The molecule has 132 valence electrons. The van der Waals surface area contributed by atoms with Crippen LogP contribution in [0.1, 0.15) is 12.5 Å². The normalized spacial score (nSPS) is 19.2. The van der Waals surface area contributed by atoms with E-state index in [4.69, 9.17) is 27.6 Å². The first-order chi connectivity index (χ1) is 12.3. The molecule has 1 aliphatic heterocycles. The number of hydrogen-bond donors (Lipinski definition) is 0. The number of cyclic esters (lactones) is 1. The lowest BCUT2D eigenvalue weighted by Crippen LogP contribution is -2.43. The van der Waals surface area contributed by atoms with Gasteiger partial charge in [-0.25, -0.2) is 14.5 Å². The highest BCUT2D eigenvalue weighted by atomic mass is 35.5. The molecule has 0 aromatic heterocycles. The number of imide groups is 1. The van der Waals surface area contributed by atoms with E-state index >= 15 is 0 Å². The molecule has 1 saturated heterocycles. The van der Waals surface area contributed by atoms with Gasteiger partial charge in [0.25, 0.3) is 5.91 Å². The van der Waals surface area contributed by atoms with E-state index < -0.39 is 17.6 Å². The Morgan fingerprint density at radius 3 is 2.54 bits per heavy atom. The molecule has 2 aromatic carbocycles. The molecule has 0 saturated carbocycles. The van der Waals surface area contributed by atoms with Crippen LogP contribution in [0.4, 0.5) is 16.2 Å². The van der Waals surface area contributed by atoms with E-state index in [1.165, 1.54) is 25.1 Å². The average Bonchev–Trinajstić information content (AvgIpc) is 2.83. The van der Waals surface area contributed by atoms with Crippen molar-refractivity contribution in [3.8, 4) is 5.75 Å². The maximum absolute atomic E-state index is 12.8. The quantitative estimate of drug-likeness (QED) is 0.742. The second kappa shape index (κ2) is 6.70. The number of anilines is 1. The highest BCUT2D eigenvalue weighted by Crippen LogP contribution is 2.34. The number of hydrogen-bond acceptors (Lipinski definition) is 4. The number of ether oxygens (including phenoxy) is 2. The molecule has 0 spiro atoms. The van der Waals surface area contributed by atoms with E-state index in [9.17, 15) is 9.59 Å². The number of aryl methyl sites for hydroxylation is 1. The van der Waals surface area contributed by atoms with Gasteiger partial charge in [0.1, 0.15) is 12.4 Å². The van der Waals surface area contributed by atoms with E-state index in [-0.39, 0.29) is 23.0 Å². The van der Waals surface area contributed by atoms with E-state index in [0.717, 1.165) is 10.5 Å². The molecule has 1 atom stereocenters. The summed E-state index contributed by atoms with van der Waals surface area (Å²) >= 11 is 6.00. The van der Waals surface area contributed by atoms with Crippen LogP contribution in [-0.2, 0) is 9.53 Å². The maximum atomic E-state index is 12.8. The summed E-state index contributed by atoms with van der Waals surface area (Å²) in [5.41, 5.74) is 0.114. The molecule has 1 unspecified atom stereocenters. The number of carbonyl (C=O) groups is 2. The Morgan fingerprint density at radius 1 is 1.23 bits per heavy atom. The first kappa shape index (κ1) is 17.8. The molecule has 26 heavy (non-hydrogen) atoms. The van der Waals surface area contributed by atoms with Gasteiger partial charge in [-0.2, -0.15) is 0 Å². The third-order valence-corrected chi connectivity index (χ3v) is 4.30. The van der Waals surface area contributed by atoms with Gasteiger partial charge in [-0.3, -0.25) is 4.79 Å². The summed E-state index contributed by atoms with van der Waals surface area (Å²) in [6.45, 7) is 10.3. The Morgan fingerprint density at radius 2 is 1.92 bits per heavy atom. The third-order valence-electron chi connectivity index (χ3n) is 4.00. The minimum atomic E-state index is -1.45. The fourth-order valence-electron chi connectivity index (χ4n) is 2.50. The number of benzene rings is 2. The van der Waals surface area contributed by atoms with Crippen molar-refractivity contribution in [3.63, 3.8) is 0 Å². The summed E-state index contributed by atoms with van der Waals surface area (Å²) in [6.07, 6.45) is -0.809. The van der Waals surface area contributed by atoms with Gasteiger partial charge in [-0.15, -0.1) is 0 Å². The van der Waals surface area contributed by atoms with Gasteiger partial charge in [0.05, 0.1) is 12.3 Å². The smallest absolute Gasteiger partial charge is 0.422 e. The summed E-state index contributed by atoms with van der Waals surface area (Å²) in [5, 5.41) is 0.155. The van der Waals surface area contributed by atoms with Crippen molar-refractivity contribution in [2.75, 3.05) is 11.5 Å². The van der Waals surface area contributed by atoms with Crippen molar-refractivity contribution in [2.24, 2.45) is 0 Å². The predicted molar refractivity (Wildman–Crippen MR) is 96.8 cm³/mol. The van der Waals surface area contributed by atoms with Crippen LogP contribution < -0.4 is 9.64 Å². The Labute approximate surface area is 155 Å². The summed E-state index contributed by atoms with van der Waals surface area (Å²) < 4.78 is 10.9. The standard InChI is InChI=1S/C19H15ClN2O4/c1-12-4-7-14(8-5-12)25-11-19(2)17(23)22(18(24)26-19)13-6-9-16(21-3)15(20)10-13/h4-10H,11H2,1-2H3. The van der Waals surface area contributed by atoms with Gasteiger partial charge >= 0.3 is 6.09 Å². The van der Waals surface area contributed by atoms with Gasteiger partial charge in [-0.05, 0) is 38.1 Å². The Kier molecular flexibility index (Phi) is 4.58. The fraction of sp³-hybridized carbons (Fsp3) is 0.211. The molecule has 1 aliphatic rings. The summed E-state index contributed by atoms with van der Waals surface area (Å²) in [6, 6.07) is 11.6. The van der Waals surface area contributed by atoms with Gasteiger partial charge in [0.2, 0.25) is 11.3 Å². The maximum Gasteiger partial charge on any atom is 0.422 e. The molecule has 0 N–H and O–H groups in total. The van der Waals surface area contributed by atoms with Gasteiger partial charge in [0, 0.05) is 5.02 Å². The molecule has 7 heteroatoms. The van der Waals surface area contributed by atoms with E-state index in [2.05, 4.69) is 4.85 Å². The predicted octanol–water partition coefficient (Wildman–Crippen LogP) is 4.52. The number of amides is 2. The topological polar surface area (TPSA) is 60.2 Å². The minimum absolute atomic E-state index is 0.120. The fourth-order valence-corrected chi connectivity index (χ4v) is 2.71. The van der Waals surface area contributed by atoms with Gasteiger partial charge in [0.15, 0.2) is 0 Å². The van der Waals surface area contributed by atoms with Crippen LogP contribution in [0, 0.1) is 13.5 Å². The van der Waals surface area contributed by atoms with E-state index in [0.29, 0.717) is 5.75 Å². The zero-order valence-corrected chi connectivity index (χ0v) is 14.9. The molecular weight excluding hydrogens is 356 g/mol. The monoisotopic (exact) mass is 370 g/mol.